The van der Waals surface area contributed by atoms with Crippen LogP contribution in [0.1, 0.15) is 29.6 Å². The average molecular weight is 340 g/mol. The van der Waals surface area contributed by atoms with Gasteiger partial charge in [-0.15, -0.1) is 0 Å². The lowest BCUT2D eigenvalue weighted by atomic mass is 9.95. The molecule has 1 aliphatic rings. The third-order valence-corrected chi connectivity index (χ3v) is 4.14. The number of halogens is 2. The zero-order chi connectivity index (χ0) is 17.5. The second kappa shape index (κ2) is 8.73. The SMILES string of the molecule is COCCCNC(=O)C1CCN(C(=O)c2ccc(F)c(F)c2)CC1. The van der Waals surface area contributed by atoms with Crippen molar-refractivity contribution in [2.24, 2.45) is 5.92 Å². The summed E-state index contributed by atoms with van der Waals surface area (Å²) in [4.78, 5) is 25.9. The lowest BCUT2D eigenvalue weighted by molar-refractivity contribution is -0.126. The normalized spacial score (nSPS) is 15.4. The van der Waals surface area contributed by atoms with E-state index < -0.39 is 11.6 Å². The fourth-order valence-electron chi connectivity index (χ4n) is 2.73. The highest BCUT2D eigenvalue weighted by molar-refractivity contribution is 5.94. The van der Waals surface area contributed by atoms with E-state index in [0.29, 0.717) is 39.1 Å². The first-order valence-corrected chi connectivity index (χ1v) is 8.04. The lowest BCUT2D eigenvalue weighted by Gasteiger charge is -2.31. The van der Waals surface area contributed by atoms with E-state index >= 15 is 0 Å². The van der Waals surface area contributed by atoms with Crippen LogP contribution in [0.25, 0.3) is 0 Å². The number of benzene rings is 1. The highest BCUT2D eigenvalue weighted by Gasteiger charge is 2.27. The summed E-state index contributed by atoms with van der Waals surface area (Å²) in [6.45, 7) is 2.02. The number of likely N-dealkylation sites (tertiary alicyclic amines) is 1. The Kier molecular flexibility index (Phi) is 6.66. The summed E-state index contributed by atoms with van der Waals surface area (Å²) in [5.41, 5.74) is 0.122. The molecule has 1 N–H and O–H groups in total. The summed E-state index contributed by atoms with van der Waals surface area (Å²) in [7, 11) is 1.61. The Morgan fingerprint density at radius 1 is 1.25 bits per heavy atom. The minimum Gasteiger partial charge on any atom is -0.385 e. The second-order valence-electron chi connectivity index (χ2n) is 5.83. The quantitative estimate of drug-likeness (QED) is 0.806. The fraction of sp³-hybridized carbons (Fsp3) is 0.529. The van der Waals surface area contributed by atoms with E-state index in [1.807, 2.05) is 0 Å². The smallest absolute Gasteiger partial charge is 0.253 e. The first kappa shape index (κ1) is 18.3. The van der Waals surface area contributed by atoms with Crippen LogP contribution in [0.4, 0.5) is 8.78 Å². The monoisotopic (exact) mass is 340 g/mol. The number of rotatable bonds is 6. The topological polar surface area (TPSA) is 58.6 Å². The molecular weight excluding hydrogens is 318 g/mol. The van der Waals surface area contributed by atoms with Gasteiger partial charge in [0.05, 0.1) is 0 Å². The van der Waals surface area contributed by atoms with Crippen LogP contribution < -0.4 is 5.32 Å². The maximum atomic E-state index is 13.2. The molecule has 1 aromatic rings. The van der Waals surface area contributed by atoms with Gasteiger partial charge >= 0.3 is 0 Å². The van der Waals surface area contributed by atoms with Gasteiger partial charge in [0.2, 0.25) is 5.91 Å². The molecule has 132 valence electrons. The summed E-state index contributed by atoms with van der Waals surface area (Å²) >= 11 is 0. The molecule has 7 heteroatoms. The van der Waals surface area contributed by atoms with Crippen LogP contribution in [-0.4, -0.2) is 50.1 Å². The molecule has 24 heavy (non-hydrogen) atoms. The zero-order valence-electron chi connectivity index (χ0n) is 13.7. The molecule has 0 aliphatic carbocycles. The van der Waals surface area contributed by atoms with E-state index in [0.717, 1.165) is 18.6 Å². The van der Waals surface area contributed by atoms with E-state index in [1.54, 1.807) is 12.0 Å². The Morgan fingerprint density at radius 3 is 2.58 bits per heavy atom. The summed E-state index contributed by atoms with van der Waals surface area (Å²) in [6.07, 6.45) is 1.88. The van der Waals surface area contributed by atoms with Gasteiger partial charge in [-0.25, -0.2) is 8.78 Å². The third-order valence-electron chi connectivity index (χ3n) is 4.14. The highest BCUT2D eigenvalue weighted by Crippen LogP contribution is 2.20. The van der Waals surface area contributed by atoms with Crippen LogP contribution in [0.5, 0.6) is 0 Å². The van der Waals surface area contributed by atoms with E-state index in [-0.39, 0.29) is 23.3 Å². The van der Waals surface area contributed by atoms with Crippen molar-refractivity contribution in [1.82, 2.24) is 10.2 Å². The van der Waals surface area contributed by atoms with Gasteiger partial charge in [0.15, 0.2) is 11.6 Å². The second-order valence-corrected chi connectivity index (χ2v) is 5.83. The Bertz CT molecular complexity index is 587. The lowest BCUT2D eigenvalue weighted by Crippen LogP contribution is -2.43. The molecule has 5 nitrogen and oxygen atoms in total. The molecule has 1 fully saturated rings. The van der Waals surface area contributed by atoms with E-state index in [4.69, 9.17) is 4.74 Å². The zero-order valence-corrected chi connectivity index (χ0v) is 13.7. The largest absolute Gasteiger partial charge is 0.385 e. The molecular formula is C17H22F2N2O3. The molecule has 0 aromatic heterocycles. The molecule has 0 spiro atoms. The Morgan fingerprint density at radius 2 is 1.96 bits per heavy atom. The first-order chi connectivity index (χ1) is 11.5. The maximum Gasteiger partial charge on any atom is 0.253 e. The number of piperidine rings is 1. The number of hydrogen-bond acceptors (Lipinski definition) is 3. The highest BCUT2D eigenvalue weighted by atomic mass is 19.2. The van der Waals surface area contributed by atoms with Crippen LogP contribution in [0.15, 0.2) is 18.2 Å². The standard InChI is InChI=1S/C17H22F2N2O3/c1-24-10-2-7-20-16(22)12-5-8-21(9-6-12)17(23)13-3-4-14(18)15(19)11-13/h3-4,11-12H,2,5-10H2,1H3,(H,20,22). The minimum atomic E-state index is -1.04. The van der Waals surface area contributed by atoms with Crippen molar-refractivity contribution in [2.75, 3.05) is 33.4 Å². The van der Waals surface area contributed by atoms with Crippen molar-refractivity contribution >= 4 is 11.8 Å². The van der Waals surface area contributed by atoms with Gasteiger partial charge in [0.25, 0.3) is 5.91 Å². The van der Waals surface area contributed by atoms with Gasteiger partial charge in [0.1, 0.15) is 0 Å². The fourth-order valence-corrected chi connectivity index (χ4v) is 2.73. The molecule has 1 saturated heterocycles. The van der Waals surface area contributed by atoms with Gasteiger partial charge in [-0.2, -0.15) is 0 Å². The van der Waals surface area contributed by atoms with Gasteiger partial charge < -0.3 is 15.0 Å². The summed E-state index contributed by atoms with van der Waals surface area (Å²) in [5.74, 6) is -2.48. The number of nitrogens with zero attached hydrogens (tertiary/aromatic N) is 1. The molecule has 1 aromatic carbocycles. The molecule has 2 rings (SSSR count). The molecule has 1 aliphatic heterocycles. The van der Waals surface area contributed by atoms with Crippen molar-refractivity contribution < 1.29 is 23.1 Å². The molecule has 0 unspecified atom stereocenters. The van der Waals surface area contributed by atoms with Crippen LogP contribution >= 0.6 is 0 Å². The number of methoxy groups -OCH3 is 1. The van der Waals surface area contributed by atoms with Crippen molar-refractivity contribution in [1.29, 1.82) is 0 Å². The van der Waals surface area contributed by atoms with Crippen LogP contribution in [0.3, 0.4) is 0 Å². The Balaban J connectivity index is 1.82. The van der Waals surface area contributed by atoms with Crippen LogP contribution in [0.2, 0.25) is 0 Å². The molecule has 0 saturated carbocycles. The Labute approximate surface area is 140 Å². The van der Waals surface area contributed by atoms with Crippen molar-refractivity contribution in [3.05, 3.63) is 35.4 Å². The Hall–Kier alpha value is -2.02. The van der Waals surface area contributed by atoms with Crippen molar-refractivity contribution in [3.63, 3.8) is 0 Å². The van der Waals surface area contributed by atoms with Crippen molar-refractivity contribution in [3.8, 4) is 0 Å². The first-order valence-electron chi connectivity index (χ1n) is 8.04. The van der Waals surface area contributed by atoms with Gasteiger partial charge in [0, 0.05) is 44.8 Å². The summed E-state index contributed by atoms with van der Waals surface area (Å²) < 4.78 is 31.1. The number of hydrogen-bond donors (Lipinski definition) is 1. The predicted molar refractivity (Wildman–Crippen MR) is 84.5 cm³/mol. The number of amides is 2. The van der Waals surface area contributed by atoms with E-state index in [9.17, 15) is 18.4 Å². The van der Waals surface area contributed by atoms with Gasteiger partial charge in [-0.05, 0) is 37.5 Å². The van der Waals surface area contributed by atoms with Crippen LogP contribution in [0, 0.1) is 17.6 Å². The molecule has 0 atom stereocenters. The number of ether oxygens (including phenoxy) is 1. The molecule has 0 bridgehead atoms. The molecule has 2 amide bonds. The van der Waals surface area contributed by atoms with Crippen molar-refractivity contribution in [2.45, 2.75) is 19.3 Å². The molecule has 1 heterocycles. The minimum absolute atomic E-state index is 0.00831. The number of carbonyl (C=O) groups excluding carboxylic acids is 2. The summed E-state index contributed by atoms with van der Waals surface area (Å²) in [6, 6.07) is 3.13. The maximum absolute atomic E-state index is 13.2. The van der Waals surface area contributed by atoms with E-state index in [1.165, 1.54) is 6.07 Å². The number of nitrogens with one attached hydrogen (secondary N) is 1. The number of carbonyl (C=O) groups is 2. The van der Waals surface area contributed by atoms with Gasteiger partial charge in [-0.3, -0.25) is 9.59 Å². The molecule has 0 radical (unpaired) electrons. The average Bonchev–Trinajstić information content (AvgIpc) is 2.60. The van der Waals surface area contributed by atoms with Crippen LogP contribution in [-0.2, 0) is 9.53 Å². The van der Waals surface area contributed by atoms with Gasteiger partial charge in [-0.1, -0.05) is 0 Å². The summed E-state index contributed by atoms with van der Waals surface area (Å²) in [5, 5.41) is 2.86. The predicted octanol–water partition coefficient (Wildman–Crippen LogP) is 1.97. The third kappa shape index (κ3) is 4.74. The van der Waals surface area contributed by atoms with E-state index in [2.05, 4.69) is 5.32 Å².